The minimum Gasteiger partial charge on any atom is -0.508 e. The fraction of sp³-hybridized carbons (Fsp3) is 0.435. The van der Waals surface area contributed by atoms with E-state index in [2.05, 4.69) is 36.6 Å². The molecule has 4 heteroatoms. The number of phenols is 1. The molecule has 0 radical (unpaired) electrons. The van der Waals surface area contributed by atoms with E-state index in [0.717, 1.165) is 49.4 Å². The minimum absolute atomic E-state index is 0.102. The third-order valence-electron chi connectivity index (χ3n) is 5.49. The number of carbonyl (C=O) groups is 1. The van der Waals surface area contributed by atoms with Gasteiger partial charge in [-0.3, -0.25) is 9.69 Å². The Morgan fingerprint density at radius 1 is 1.07 bits per heavy atom. The molecule has 2 aromatic rings. The molecular formula is C23H30N2O2. The molecule has 2 aromatic carbocycles. The quantitative estimate of drug-likeness (QED) is 0.799. The van der Waals surface area contributed by atoms with Crippen LogP contribution in [0.3, 0.4) is 0 Å². The standard InChI is InChI=1S/C23H30N2O2/c1-16(2)22-14-20(23(27)13-17(22)3)15-24-9-11-25(12-10-24)21-7-5-19(6-8-21)18(4)26/h5-8,13-14,16,27H,9-12,15H2,1-4H3. The maximum Gasteiger partial charge on any atom is 0.159 e. The number of aryl methyl sites for hydroxylation is 1. The molecule has 0 aromatic heterocycles. The minimum atomic E-state index is 0.102. The summed E-state index contributed by atoms with van der Waals surface area (Å²) in [6, 6.07) is 11.9. The molecule has 4 nitrogen and oxygen atoms in total. The van der Waals surface area contributed by atoms with Gasteiger partial charge in [-0.05, 0) is 61.2 Å². The van der Waals surface area contributed by atoms with E-state index in [1.165, 1.54) is 11.3 Å². The van der Waals surface area contributed by atoms with Crippen LogP contribution in [0.25, 0.3) is 0 Å². The summed E-state index contributed by atoms with van der Waals surface area (Å²) in [6.45, 7) is 12.6. The number of benzene rings is 2. The number of nitrogens with zero attached hydrogens (tertiary/aromatic N) is 2. The number of aromatic hydroxyl groups is 1. The van der Waals surface area contributed by atoms with E-state index >= 15 is 0 Å². The molecule has 0 amide bonds. The monoisotopic (exact) mass is 366 g/mol. The van der Waals surface area contributed by atoms with Crippen molar-refractivity contribution in [3.63, 3.8) is 0 Å². The highest BCUT2D eigenvalue weighted by atomic mass is 16.3. The summed E-state index contributed by atoms with van der Waals surface area (Å²) >= 11 is 0. The molecule has 0 spiro atoms. The SMILES string of the molecule is CC(=O)c1ccc(N2CCN(Cc3cc(C(C)C)c(C)cc3O)CC2)cc1. The van der Waals surface area contributed by atoms with Crippen LogP contribution < -0.4 is 4.90 Å². The highest BCUT2D eigenvalue weighted by Crippen LogP contribution is 2.28. The first-order valence-electron chi connectivity index (χ1n) is 9.76. The maximum atomic E-state index is 11.4. The molecule has 0 unspecified atom stereocenters. The molecule has 1 fully saturated rings. The van der Waals surface area contributed by atoms with Crippen molar-refractivity contribution in [2.75, 3.05) is 31.1 Å². The summed E-state index contributed by atoms with van der Waals surface area (Å²) in [5, 5.41) is 10.4. The third kappa shape index (κ3) is 4.51. The van der Waals surface area contributed by atoms with Gasteiger partial charge in [-0.1, -0.05) is 19.9 Å². The highest BCUT2D eigenvalue weighted by molar-refractivity contribution is 5.94. The molecule has 1 aliphatic rings. The molecule has 1 N–H and O–H groups in total. The van der Waals surface area contributed by atoms with Crippen molar-refractivity contribution < 1.29 is 9.90 Å². The number of ketones is 1. The normalized spacial score (nSPS) is 15.4. The van der Waals surface area contributed by atoms with E-state index < -0.39 is 0 Å². The van der Waals surface area contributed by atoms with E-state index in [4.69, 9.17) is 0 Å². The summed E-state index contributed by atoms with van der Waals surface area (Å²) in [4.78, 5) is 16.2. The fourth-order valence-electron chi connectivity index (χ4n) is 3.82. The van der Waals surface area contributed by atoms with Gasteiger partial charge < -0.3 is 10.0 Å². The zero-order chi connectivity index (χ0) is 19.6. The Kier molecular flexibility index (Phi) is 5.85. The Morgan fingerprint density at radius 2 is 1.70 bits per heavy atom. The Balaban J connectivity index is 1.63. The van der Waals surface area contributed by atoms with Crippen LogP contribution in [-0.4, -0.2) is 42.0 Å². The van der Waals surface area contributed by atoms with Gasteiger partial charge in [0.15, 0.2) is 5.78 Å². The molecular weight excluding hydrogens is 336 g/mol. The van der Waals surface area contributed by atoms with Crippen LogP contribution in [0.2, 0.25) is 0 Å². The van der Waals surface area contributed by atoms with Crippen molar-refractivity contribution in [2.24, 2.45) is 0 Å². The predicted molar refractivity (Wildman–Crippen MR) is 111 cm³/mol. The van der Waals surface area contributed by atoms with Crippen LogP contribution in [0.5, 0.6) is 5.75 Å². The second kappa shape index (κ2) is 8.13. The summed E-state index contributed by atoms with van der Waals surface area (Å²) in [6.07, 6.45) is 0. The molecule has 1 heterocycles. The van der Waals surface area contributed by atoms with Crippen LogP contribution >= 0.6 is 0 Å². The van der Waals surface area contributed by atoms with Crippen molar-refractivity contribution in [3.05, 3.63) is 58.7 Å². The van der Waals surface area contributed by atoms with Gasteiger partial charge in [-0.25, -0.2) is 0 Å². The molecule has 0 aliphatic carbocycles. The van der Waals surface area contributed by atoms with Crippen molar-refractivity contribution in [1.29, 1.82) is 0 Å². The first-order valence-corrected chi connectivity index (χ1v) is 9.76. The van der Waals surface area contributed by atoms with Crippen LogP contribution in [-0.2, 0) is 6.54 Å². The zero-order valence-electron chi connectivity index (χ0n) is 16.8. The van der Waals surface area contributed by atoms with E-state index in [-0.39, 0.29) is 5.78 Å². The van der Waals surface area contributed by atoms with Gasteiger partial charge in [0, 0.05) is 49.5 Å². The van der Waals surface area contributed by atoms with Gasteiger partial charge >= 0.3 is 0 Å². The van der Waals surface area contributed by atoms with E-state index in [0.29, 0.717) is 11.7 Å². The number of Topliss-reactive ketones (excluding diaryl/α,β-unsaturated/α-hetero) is 1. The van der Waals surface area contributed by atoms with Crippen LogP contribution in [0.1, 0.15) is 53.7 Å². The first-order chi connectivity index (χ1) is 12.8. The molecule has 1 saturated heterocycles. The van der Waals surface area contributed by atoms with Crippen molar-refractivity contribution in [3.8, 4) is 5.75 Å². The lowest BCUT2D eigenvalue weighted by atomic mass is 9.95. The topological polar surface area (TPSA) is 43.8 Å². The molecule has 27 heavy (non-hydrogen) atoms. The lowest BCUT2D eigenvalue weighted by Gasteiger charge is -2.36. The van der Waals surface area contributed by atoms with Crippen molar-refractivity contribution in [1.82, 2.24) is 4.90 Å². The number of hydrogen-bond acceptors (Lipinski definition) is 4. The largest absolute Gasteiger partial charge is 0.508 e. The summed E-state index contributed by atoms with van der Waals surface area (Å²) in [5.74, 6) is 0.961. The van der Waals surface area contributed by atoms with Crippen LogP contribution in [0.4, 0.5) is 5.69 Å². The number of phenolic OH excluding ortho intramolecular Hbond substituents is 1. The molecule has 144 valence electrons. The smallest absolute Gasteiger partial charge is 0.159 e. The van der Waals surface area contributed by atoms with Gasteiger partial charge in [0.05, 0.1) is 0 Å². The van der Waals surface area contributed by atoms with Crippen LogP contribution in [0.15, 0.2) is 36.4 Å². The highest BCUT2D eigenvalue weighted by Gasteiger charge is 2.19. The second-order valence-electron chi connectivity index (χ2n) is 7.86. The second-order valence-corrected chi connectivity index (χ2v) is 7.86. The number of anilines is 1. The van der Waals surface area contributed by atoms with Gasteiger partial charge in [-0.2, -0.15) is 0 Å². The van der Waals surface area contributed by atoms with Crippen molar-refractivity contribution in [2.45, 2.75) is 40.2 Å². The molecule has 0 bridgehead atoms. The Morgan fingerprint density at radius 3 is 2.26 bits per heavy atom. The first kappa shape index (κ1) is 19.4. The van der Waals surface area contributed by atoms with Gasteiger partial charge in [-0.15, -0.1) is 0 Å². The Hall–Kier alpha value is -2.33. The fourth-order valence-corrected chi connectivity index (χ4v) is 3.82. The van der Waals surface area contributed by atoms with Gasteiger partial charge in [0.2, 0.25) is 0 Å². The molecule has 1 aliphatic heterocycles. The summed E-state index contributed by atoms with van der Waals surface area (Å²) in [5.41, 5.74) is 5.41. The number of rotatable bonds is 5. The summed E-state index contributed by atoms with van der Waals surface area (Å²) < 4.78 is 0. The number of piperazine rings is 1. The molecule has 0 atom stereocenters. The number of hydrogen-bond donors (Lipinski definition) is 1. The lowest BCUT2D eigenvalue weighted by Crippen LogP contribution is -2.46. The zero-order valence-corrected chi connectivity index (χ0v) is 16.8. The van der Waals surface area contributed by atoms with E-state index in [1.807, 2.05) is 30.3 Å². The Bertz CT molecular complexity index is 804. The Labute approximate surface area is 162 Å². The maximum absolute atomic E-state index is 11.4. The average Bonchev–Trinajstić information content (AvgIpc) is 2.64. The third-order valence-corrected chi connectivity index (χ3v) is 5.49. The lowest BCUT2D eigenvalue weighted by molar-refractivity contribution is 0.101. The average molecular weight is 367 g/mol. The summed E-state index contributed by atoms with van der Waals surface area (Å²) in [7, 11) is 0. The number of carbonyl (C=O) groups excluding carboxylic acids is 1. The molecule has 3 rings (SSSR count). The van der Waals surface area contributed by atoms with Crippen molar-refractivity contribution >= 4 is 11.5 Å². The van der Waals surface area contributed by atoms with Gasteiger partial charge in [0.1, 0.15) is 5.75 Å². The van der Waals surface area contributed by atoms with E-state index in [1.54, 1.807) is 6.92 Å². The van der Waals surface area contributed by atoms with Crippen LogP contribution in [0, 0.1) is 6.92 Å². The van der Waals surface area contributed by atoms with Gasteiger partial charge in [0.25, 0.3) is 0 Å². The van der Waals surface area contributed by atoms with E-state index in [9.17, 15) is 9.90 Å². The predicted octanol–water partition coefficient (Wildman–Crippen LogP) is 4.35. The molecule has 0 saturated carbocycles.